The molecule has 0 bridgehead atoms. The van der Waals surface area contributed by atoms with Crippen molar-refractivity contribution in [3.05, 3.63) is 102 Å². The van der Waals surface area contributed by atoms with E-state index in [-0.39, 0.29) is 12.3 Å². The minimum atomic E-state index is -0.0109. The van der Waals surface area contributed by atoms with Crippen molar-refractivity contribution >= 4 is 11.6 Å². The van der Waals surface area contributed by atoms with Gasteiger partial charge in [0.2, 0.25) is 5.91 Å². The zero-order valence-electron chi connectivity index (χ0n) is 16.2. The molecule has 0 radical (unpaired) electrons. The molecule has 0 fully saturated rings. The predicted octanol–water partition coefficient (Wildman–Crippen LogP) is 3.42. The lowest BCUT2D eigenvalue weighted by Crippen LogP contribution is -2.31. The number of amides is 1. The Kier molecular flexibility index (Phi) is 5.63. The molecule has 4 aromatic rings. The van der Waals surface area contributed by atoms with Gasteiger partial charge in [0.1, 0.15) is 6.33 Å². The average molecular weight is 393 g/mol. The zero-order valence-corrected chi connectivity index (χ0v) is 16.2. The van der Waals surface area contributed by atoms with Gasteiger partial charge in [0.15, 0.2) is 0 Å². The molecule has 0 aliphatic heterocycles. The lowest BCUT2D eigenvalue weighted by Gasteiger charge is -2.23. The number of benzene rings is 3. The Morgan fingerprint density at radius 1 is 0.967 bits per heavy atom. The van der Waals surface area contributed by atoms with Crippen LogP contribution in [-0.4, -0.2) is 26.1 Å². The monoisotopic (exact) mass is 393 g/mol. The molecule has 6 heteroatoms. The molecule has 146 valence electrons. The van der Waals surface area contributed by atoms with Crippen molar-refractivity contribution < 1.29 is 4.79 Å². The SMILES string of the molecule is C#Cc1cccc(N(Cc2ccccc2)C(=O)Cc2ccc(-n3cnnn3)cc2)c1. The molecule has 0 aliphatic rings. The van der Waals surface area contributed by atoms with Gasteiger partial charge in [-0.2, -0.15) is 0 Å². The van der Waals surface area contributed by atoms with Crippen LogP contribution >= 0.6 is 0 Å². The summed E-state index contributed by atoms with van der Waals surface area (Å²) in [6.45, 7) is 0.469. The summed E-state index contributed by atoms with van der Waals surface area (Å²) in [7, 11) is 0. The van der Waals surface area contributed by atoms with Gasteiger partial charge in [-0.15, -0.1) is 11.5 Å². The van der Waals surface area contributed by atoms with E-state index < -0.39 is 0 Å². The third-order valence-corrected chi connectivity index (χ3v) is 4.71. The molecule has 0 N–H and O–H groups in total. The summed E-state index contributed by atoms with van der Waals surface area (Å²) >= 11 is 0. The molecule has 0 saturated carbocycles. The first kappa shape index (κ1) is 19.1. The van der Waals surface area contributed by atoms with Crippen LogP contribution in [0, 0.1) is 12.3 Å². The summed E-state index contributed by atoms with van der Waals surface area (Å²) in [5, 5.41) is 11.1. The maximum absolute atomic E-state index is 13.3. The number of terminal acetylenes is 1. The summed E-state index contributed by atoms with van der Waals surface area (Å²) < 4.78 is 1.57. The van der Waals surface area contributed by atoms with E-state index in [1.165, 1.54) is 6.33 Å². The van der Waals surface area contributed by atoms with Crippen LogP contribution < -0.4 is 4.90 Å². The van der Waals surface area contributed by atoms with Gasteiger partial charge in [-0.3, -0.25) is 4.79 Å². The fraction of sp³-hybridized carbons (Fsp3) is 0.0833. The van der Waals surface area contributed by atoms with Crippen LogP contribution in [0.15, 0.2) is 85.2 Å². The molecule has 0 saturated heterocycles. The molecule has 3 aromatic carbocycles. The van der Waals surface area contributed by atoms with Crippen LogP contribution in [0.3, 0.4) is 0 Å². The second-order valence-corrected chi connectivity index (χ2v) is 6.76. The minimum Gasteiger partial charge on any atom is -0.308 e. The van der Waals surface area contributed by atoms with E-state index in [0.29, 0.717) is 6.54 Å². The van der Waals surface area contributed by atoms with E-state index in [4.69, 9.17) is 6.42 Å². The van der Waals surface area contributed by atoms with Crippen molar-refractivity contribution in [1.29, 1.82) is 0 Å². The van der Waals surface area contributed by atoms with Gasteiger partial charge in [-0.1, -0.05) is 54.5 Å². The van der Waals surface area contributed by atoms with Crippen LogP contribution in [0.1, 0.15) is 16.7 Å². The highest BCUT2D eigenvalue weighted by Crippen LogP contribution is 2.21. The number of tetrazole rings is 1. The fourth-order valence-electron chi connectivity index (χ4n) is 3.17. The minimum absolute atomic E-state index is 0.0109. The number of carbonyl (C=O) groups excluding carboxylic acids is 1. The van der Waals surface area contributed by atoms with Crippen LogP contribution in [0.5, 0.6) is 0 Å². The molecule has 0 atom stereocenters. The molecular formula is C24H19N5O. The summed E-state index contributed by atoms with van der Waals surface area (Å²) in [4.78, 5) is 15.0. The van der Waals surface area contributed by atoms with Crippen molar-refractivity contribution in [2.24, 2.45) is 0 Å². The van der Waals surface area contributed by atoms with Gasteiger partial charge in [0.25, 0.3) is 0 Å². The number of carbonyl (C=O) groups is 1. The summed E-state index contributed by atoms with van der Waals surface area (Å²) in [6, 6.07) is 25.0. The molecule has 30 heavy (non-hydrogen) atoms. The number of hydrogen-bond acceptors (Lipinski definition) is 4. The Labute approximate surface area is 174 Å². The number of aromatic nitrogens is 4. The van der Waals surface area contributed by atoms with Crippen molar-refractivity contribution in [1.82, 2.24) is 20.2 Å². The Balaban J connectivity index is 1.58. The maximum Gasteiger partial charge on any atom is 0.231 e. The predicted molar refractivity (Wildman–Crippen MR) is 115 cm³/mol. The lowest BCUT2D eigenvalue weighted by atomic mass is 10.1. The Morgan fingerprint density at radius 3 is 2.47 bits per heavy atom. The van der Waals surface area contributed by atoms with Gasteiger partial charge >= 0.3 is 0 Å². The van der Waals surface area contributed by atoms with Crippen molar-refractivity contribution in [2.75, 3.05) is 4.90 Å². The number of anilines is 1. The van der Waals surface area contributed by atoms with Crippen LogP contribution in [0.2, 0.25) is 0 Å². The Morgan fingerprint density at radius 2 is 1.77 bits per heavy atom. The van der Waals surface area contributed by atoms with Crippen molar-refractivity contribution in [3.8, 4) is 18.0 Å². The van der Waals surface area contributed by atoms with E-state index >= 15 is 0 Å². The Bertz CT molecular complexity index is 1160. The highest BCUT2D eigenvalue weighted by Gasteiger charge is 2.17. The van der Waals surface area contributed by atoms with Crippen molar-refractivity contribution in [2.45, 2.75) is 13.0 Å². The topological polar surface area (TPSA) is 63.9 Å². The summed E-state index contributed by atoms with van der Waals surface area (Å²) in [5.41, 5.74) is 4.31. The van der Waals surface area contributed by atoms with Gasteiger partial charge < -0.3 is 4.90 Å². The normalized spacial score (nSPS) is 10.4. The molecule has 4 rings (SSSR count). The van der Waals surface area contributed by atoms with Crippen LogP contribution in [0.25, 0.3) is 5.69 Å². The average Bonchev–Trinajstić information content (AvgIpc) is 3.33. The Hall–Kier alpha value is -4.24. The molecule has 0 spiro atoms. The molecule has 6 nitrogen and oxygen atoms in total. The smallest absolute Gasteiger partial charge is 0.231 e. The van der Waals surface area contributed by atoms with Gasteiger partial charge in [0, 0.05) is 11.3 Å². The number of rotatable bonds is 6. The van der Waals surface area contributed by atoms with Gasteiger partial charge in [-0.25, -0.2) is 4.68 Å². The highest BCUT2D eigenvalue weighted by atomic mass is 16.2. The second kappa shape index (κ2) is 8.84. The van der Waals surface area contributed by atoms with Crippen LogP contribution in [-0.2, 0) is 17.8 Å². The van der Waals surface area contributed by atoms with Crippen LogP contribution in [0.4, 0.5) is 5.69 Å². The highest BCUT2D eigenvalue weighted by molar-refractivity contribution is 5.94. The molecule has 1 aromatic heterocycles. The second-order valence-electron chi connectivity index (χ2n) is 6.76. The van der Waals surface area contributed by atoms with Gasteiger partial charge in [-0.05, 0) is 51.9 Å². The third kappa shape index (κ3) is 4.42. The van der Waals surface area contributed by atoms with Gasteiger partial charge in [0.05, 0.1) is 18.7 Å². The first-order chi connectivity index (χ1) is 14.7. The van der Waals surface area contributed by atoms with E-state index in [1.54, 1.807) is 9.58 Å². The van der Waals surface area contributed by atoms with E-state index in [1.807, 2.05) is 78.9 Å². The standard InChI is InChI=1S/C24H19N5O/c1-2-19-9-6-10-23(15-19)28(17-21-7-4-3-5-8-21)24(30)16-20-11-13-22(14-12-20)29-18-25-26-27-29/h1,3-15,18H,16-17H2. The van der Waals surface area contributed by atoms with E-state index in [2.05, 4.69) is 21.4 Å². The molecule has 1 heterocycles. The number of hydrogen-bond donors (Lipinski definition) is 0. The van der Waals surface area contributed by atoms with E-state index in [0.717, 1.165) is 28.1 Å². The number of nitrogens with zero attached hydrogens (tertiary/aromatic N) is 5. The zero-order chi connectivity index (χ0) is 20.8. The first-order valence-electron chi connectivity index (χ1n) is 9.46. The quantitative estimate of drug-likeness (QED) is 0.471. The first-order valence-corrected chi connectivity index (χ1v) is 9.46. The summed E-state index contributed by atoms with van der Waals surface area (Å²) in [6.07, 6.45) is 7.35. The third-order valence-electron chi connectivity index (χ3n) is 4.71. The largest absolute Gasteiger partial charge is 0.308 e. The maximum atomic E-state index is 13.3. The van der Waals surface area contributed by atoms with E-state index in [9.17, 15) is 4.79 Å². The molecular weight excluding hydrogens is 374 g/mol. The lowest BCUT2D eigenvalue weighted by molar-refractivity contribution is -0.118. The summed E-state index contributed by atoms with van der Waals surface area (Å²) in [5.74, 6) is 2.63. The molecule has 0 aliphatic carbocycles. The van der Waals surface area contributed by atoms with Crippen molar-refractivity contribution in [3.63, 3.8) is 0 Å². The molecule has 0 unspecified atom stereocenters. The molecule has 1 amide bonds. The fourth-order valence-corrected chi connectivity index (χ4v) is 3.17.